The van der Waals surface area contributed by atoms with Crippen molar-refractivity contribution in [1.29, 1.82) is 5.26 Å². The number of nitriles is 1. The number of esters is 1. The number of hydrogen-bond donors (Lipinski definition) is 0. The minimum absolute atomic E-state index is 0.0235. The van der Waals surface area contributed by atoms with Crippen LogP contribution in [0, 0.1) is 11.3 Å². The molecule has 0 radical (unpaired) electrons. The molecule has 32 heavy (non-hydrogen) atoms. The summed E-state index contributed by atoms with van der Waals surface area (Å²) in [6, 6.07) is 17.4. The number of nitrogens with zero attached hydrogens (tertiary/aromatic N) is 2. The zero-order valence-electron chi connectivity index (χ0n) is 18.3. The van der Waals surface area contributed by atoms with Crippen LogP contribution >= 0.6 is 0 Å². The van der Waals surface area contributed by atoms with Gasteiger partial charge in [-0.05, 0) is 42.8 Å². The molecule has 0 spiro atoms. The Morgan fingerprint density at radius 3 is 2.34 bits per heavy atom. The lowest BCUT2D eigenvalue weighted by Crippen LogP contribution is -2.35. The maximum Gasteiger partial charge on any atom is 0.306 e. The summed E-state index contributed by atoms with van der Waals surface area (Å²) in [5.74, 6) is -0.642. The largest absolute Gasteiger partial charge is 0.494 e. The van der Waals surface area contributed by atoms with Crippen LogP contribution < -0.4 is 9.64 Å². The van der Waals surface area contributed by atoms with Crippen LogP contribution in [0.4, 0.5) is 5.69 Å². The van der Waals surface area contributed by atoms with Crippen LogP contribution in [0.5, 0.6) is 5.75 Å². The summed E-state index contributed by atoms with van der Waals surface area (Å²) < 4.78 is 10.6. The molecule has 0 aliphatic carbocycles. The lowest BCUT2D eigenvalue weighted by Gasteiger charge is -2.19. The number of amides is 1. The van der Waals surface area contributed by atoms with Crippen molar-refractivity contribution >= 4 is 23.3 Å². The normalized spacial score (nSPS) is 10.1. The summed E-state index contributed by atoms with van der Waals surface area (Å²) in [5.41, 5.74) is 1.03. The van der Waals surface area contributed by atoms with E-state index in [1.807, 2.05) is 6.07 Å². The molecule has 0 aliphatic rings. The summed E-state index contributed by atoms with van der Waals surface area (Å²) in [6.45, 7) is 2.12. The third kappa shape index (κ3) is 8.23. The molecule has 7 nitrogen and oxygen atoms in total. The molecule has 0 saturated heterocycles. The highest BCUT2D eigenvalue weighted by atomic mass is 16.5. The second-order valence-electron chi connectivity index (χ2n) is 7.14. The topological polar surface area (TPSA) is 96.7 Å². The summed E-state index contributed by atoms with van der Waals surface area (Å²) in [6.07, 6.45) is 3.07. The Balaban J connectivity index is 1.76. The molecular formula is C25H28N2O5. The highest BCUT2D eigenvalue weighted by Gasteiger charge is 2.18. The molecule has 0 aliphatic heterocycles. The van der Waals surface area contributed by atoms with Gasteiger partial charge < -0.3 is 9.47 Å². The van der Waals surface area contributed by atoms with Crippen molar-refractivity contribution in [3.8, 4) is 11.8 Å². The van der Waals surface area contributed by atoms with Crippen molar-refractivity contribution < 1.29 is 23.9 Å². The number of Topliss-reactive ketones (excluding diaryl/α,β-unsaturated/α-hetero) is 1. The van der Waals surface area contributed by atoms with Crippen LogP contribution in [-0.4, -0.2) is 37.4 Å². The monoisotopic (exact) mass is 436 g/mol. The second kappa shape index (κ2) is 13.6. The first-order chi connectivity index (χ1) is 15.5. The first-order valence-corrected chi connectivity index (χ1v) is 10.7. The number of hydrogen-bond acceptors (Lipinski definition) is 6. The second-order valence-corrected chi connectivity index (χ2v) is 7.14. The molecule has 0 bridgehead atoms. The number of anilines is 1. The van der Waals surface area contributed by atoms with E-state index in [1.165, 1.54) is 4.90 Å². The zero-order valence-corrected chi connectivity index (χ0v) is 18.3. The van der Waals surface area contributed by atoms with Crippen LogP contribution in [0.2, 0.25) is 0 Å². The third-order valence-electron chi connectivity index (χ3n) is 4.70. The number of para-hydroxylation sites is 1. The van der Waals surface area contributed by atoms with Crippen molar-refractivity contribution in [2.75, 3.05) is 24.7 Å². The molecular weight excluding hydrogens is 408 g/mol. The predicted octanol–water partition coefficient (Wildman–Crippen LogP) is 4.32. The van der Waals surface area contributed by atoms with Crippen molar-refractivity contribution in [3.05, 3.63) is 60.2 Å². The maximum absolute atomic E-state index is 12.4. The highest BCUT2D eigenvalue weighted by Crippen LogP contribution is 2.16. The van der Waals surface area contributed by atoms with Gasteiger partial charge >= 0.3 is 5.97 Å². The summed E-state index contributed by atoms with van der Waals surface area (Å²) in [5, 5.41) is 8.96. The van der Waals surface area contributed by atoms with E-state index in [4.69, 9.17) is 14.7 Å². The maximum atomic E-state index is 12.4. The zero-order chi connectivity index (χ0) is 23.2. The van der Waals surface area contributed by atoms with E-state index in [1.54, 1.807) is 54.6 Å². The van der Waals surface area contributed by atoms with Crippen LogP contribution in [0.1, 0.15) is 49.4 Å². The fourth-order valence-corrected chi connectivity index (χ4v) is 2.93. The average Bonchev–Trinajstić information content (AvgIpc) is 2.83. The van der Waals surface area contributed by atoms with Gasteiger partial charge in [-0.3, -0.25) is 19.3 Å². The minimum atomic E-state index is -0.646. The van der Waals surface area contributed by atoms with Crippen molar-refractivity contribution in [1.82, 2.24) is 0 Å². The van der Waals surface area contributed by atoms with Gasteiger partial charge in [0.2, 0.25) is 0 Å². The van der Waals surface area contributed by atoms with E-state index < -0.39 is 18.5 Å². The van der Waals surface area contributed by atoms with Crippen LogP contribution in [0.25, 0.3) is 0 Å². The Morgan fingerprint density at radius 1 is 0.969 bits per heavy atom. The first-order valence-electron chi connectivity index (χ1n) is 10.7. The van der Waals surface area contributed by atoms with Gasteiger partial charge in [0.25, 0.3) is 5.91 Å². The Labute approximate surface area is 188 Å². The molecule has 1 amide bonds. The molecule has 0 fully saturated rings. The highest BCUT2D eigenvalue weighted by molar-refractivity contribution is 5.98. The molecule has 2 rings (SSSR count). The van der Waals surface area contributed by atoms with Gasteiger partial charge in [-0.15, -0.1) is 0 Å². The molecule has 2 aromatic rings. The lowest BCUT2D eigenvalue weighted by molar-refractivity contribution is -0.147. The fourth-order valence-electron chi connectivity index (χ4n) is 2.93. The van der Waals surface area contributed by atoms with Gasteiger partial charge in [-0.25, -0.2) is 0 Å². The van der Waals surface area contributed by atoms with Gasteiger partial charge in [0, 0.05) is 17.7 Å². The molecule has 7 heteroatoms. The standard InChI is InChI=1S/C25H28N2O5/c1-2-3-7-18-31-22-12-10-20(11-13-22)23(28)14-15-25(30)32-19-24(29)27(17-16-26)21-8-5-4-6-9-21/h4-6,8-13H,2-3,7,14-15,17-19H2,1H3. The molecule has 0 unspecified atom stereocenters. The van der Waals surface area contributed by atoms with Crippen LogP contribution in [0.3, 0.4) is 0 Å². The van der Waals surface area contributed by atoms with Gasteiger partial charge in [0.15, 0.2) is 12.4 Å². The average molecular weight is 437 g/mol. The Morgan fingerprint density at radius 2 is 1.69 bits per heavy atom. The molecule has 0 aromatic heterocycles. The Kier molecular flexibility index (Phi) is 10.5. The quantitative estimate of drug-likeness (QED) is 0.201. The van der Waals surface area contributed by atoms with Gasteiger partial charge in [-0.2, -0.15) is 5.26 Å². The fraction of sp³-hybridized carbons (Fsp3) is 0.360. The number of ketones is 1. The lowest BCUT2D eigenvalue weighted by atomic mass is 10.1. The number of benzene rings is 2. The van der Waals surface area contributed by atoms with E-state index >= 15 is 0 Å². The van der Waals surface area contributed by atoms with Crippen molar-refractivity contribution in [2.45, 2.75) is 39.0 Å². The Bertz CT molecular complexity index is 920. The van der Waals surface area contributed by atoms with E-state index in [0.29, 0.717) is 23.6 Å². The van der Waals surface area contributed by atoms with Gasteiger partial charge in [0.05, 0.1) is 19.1 Å². The molecule has 168 valence electrons. The number of unbranched alkanes of at least 4 members (excludes halogenated alkanes) is 2. The first kappa shape index (κ1) is 24.6. The smallest absolute Gasteiger partial charge is 0.306 e. The third-order valence-corrected chi connectivity index (χ3v) is 4.70. The molecule has 0 atom stereocenters. The van der Waals surface area contributed by atoms with Crippen LogP contribution in [0.15, 0.2) is 54.6 Å². The molecule has 2 aromatic carbocycles. The molecule has 0 heterocycles. The number of rotatable bonds is 13. The van der Waals surface area contributed by atoms with Gasteiger partial charge in [-0.1, -0.05) is 38.0 Å². The van der Waals surface area contributed by atoms with Crippen LogP contribution in [-0.2, 0) is 14.3 Å². The summed E-state index contributed by atoms with van der Waals surface area (Å²) in [7, 11) is 0. The number of ether oxygens (including phenoxy) is 2. The van der Waals surface area contributed by atoms with Crippen molar-refractivity contribution in [3.63, 3.8) is 0 Å². The minimum Gasteiger partial charge on any atom is -0.494 e. The predicted molar refractivity (Wildman–Crippen MR) is 120 cm³/mol. The van der Waals surface area contributed by atoms with E-state index in [0.717, 1.165) is 19.3 Å². The van der Waals surface area contributed by atoms with Gasteiger partial charge in [0.1, 0.15) is 12.3 Å². The number of carbonyl (C=O) groups excluding carboxylic acids is 3. The summed E-state index contributed by atoms with van der Waals surface area (Å²) in [4.78, 5) is 37.9. The van der Waals surface area contributed by atoms with E-state index in [-0.39, 0.29) is 25.2 Å². The van der Waals surface area contributed by atoms with E-state index in [2.05, 4.69) is 6.92 Å². The van der Waals surface area contributed by atoms with E-state index in [9.17, 15) is 14.4 Å². The summed E-state index contributed by atoms with van der Waals surface area (Å²) >= 11 is 0. The SMILES string of the molecule is CCCCCOc1ccc(C(=O)CCC(=O)OCC(=O)N(CC#N)c2ccccc2)cc1. The Hall–Kier alpha value is -3.66. The molecule has 0 saturated carbocycles. The number of carbonyl (C=O) groups is 3. The molecule has 0 N–H and O–H groups in total. The van der Waals surface area contributed by atoms with Crippen molar-refractivity contribution in [2.24, 2.45) is 0 Å².